The van der Waals surface area contributed by atoms with Gasteiger partial charge in [0, 0.05) is 32.9 Å². The molecule has 0 bridgehead atoms. The van der Waals surface area contributed by atoms with Gasteiger partial charge in [-0.2, -0.15) is 5.10 Å². The Labute approximate surface area is 256 Å². The minimum atomic E-state index is -0.455. The molecule has 43 heavy (non-hydrogen) atoms. The van der Waals surface area contributed by atoms with E-state index < -0.39 is 6.04 Å². The van der Waals surface area contributed by atoms with E-state index >= 15 is 0 Å². The number of benzene rings is 4. The van der Waals surface area contributed by atoms with Crippen LogP contribution >= 0.6 is 15.9 Å². The number of rotatable bonds is 7. The Morgan fingerprint density at radius 2 is 1.51 bits per heavy atom. The van der Waals surface area contributed by atoms with Crippen molar-refractivity contribution >= 4 is 38.5 Å². The zero-order valence-corrected chi connectivity index (χ0v) is 25.3. The zero-order valence-electron chi connectivity index (χ0n) is 23.8. The molecule has 0 spiro atoms. The van der Waals surface area contributed by atoms with Crippen molar-refractivity contribution in [3.05, 3.63) is 123 Å². The monoisotopic (exact) mass is 637 g/mol. The predicted octanol–water partition coefficient (Wildman–Crippen LogP) is 6.97. The first-order valence-electron chi connectivity index (χ1n) is 13.6. The lowest BCUT2D eigenvalue weighted by molar-refractivity contribution is 0.0710. The van der Waals surface area contributed by atoms with Crippen molar-refractivity contribution in [3.8, 4) is 28.4 Å². The topological polar surface area (TPSA) is 93.2 Å². The molecule has 0 saturated heterocycles. The van der Waals surface area contributed by atoms with E-state index in [9.17, 15) is 9.59 Å². The number of aromatic amines is 1. The average molecular weight is 639 g/mol. The summed E-state index contributed by atoms with van der Waals surface area (Å²) in [5.74, 6) is 0.720. The standard InChI is InChI=1S/C34H28BrN3O5/c1-41-28-16-22(17-29(42-2)32(28)43-3)34(40)38-27(20-10-6-4-7-11-20)19-26(37-38)31-30(21-12-8-5-9-13-21)24-18-23(35)14-15-25(24)36-33(31)39/h4-18,27H,19H2,1-3H3,(H,36,39)/t27-/m0/s1. The van der Waals surface area contributed by atoms with Crippen molar-refractivity contribution in [2.24, 2.45) is 5.10 Å². The van der Waals surface area contributed by atoms with Crippen molar-refractivity contribution in [1.29, 1.82) is 0 Å². The molecule has 1 aliphatic rings. The fourth-order valence-corrected chi connectivity index (χ4v) is 5.93. The van der Waals surface area contributed by atoms with Crippen LogP contribution in [0.15, 0.2) is 105 Å². The molecule has 0 aliphatic carbocycles. The number of hydrogen-bond acceptors (Lipinski definition) is 6. The average Bonchev–Trinajstić information content (AvgIpc) is 3.49. The van der Waals surface area contributed by atoms with Crippen LogP contribution < -0.4 is 19.8 Å². The SMILES string of the molecule is COc1cc(C(=O)N2N=C(c3c(-c4ccccc4)c4cc(Br)ccc4[nH]c3=O)C[C@H]2c2ccccc2)cc(OC)c1OC. The highest BCUT2D eigenvalue weighted by molar-refractivity contribution is 9.10. The molecule has 2 heterocycles. The normalized spacial score (nSPS) is 14.5. The van der Waals surface area contributed by atoms with Gasteiger partial charge in [-0.1, -0.05) is 76.6 Å². The number of nitrogens with one attached hydrogen (secondary N) is 1. The van der Waals surface area contributed by atoms with Crippen molar-refractivity contribution in [1.82, 2.24) is 9.99 Å². The van der Waals surface area contributed by atoms with E-state index in [0.29, 0.717) is 46.0 Å². The Balaban J connectivity index is 1.56. The maximum atomic E-state index is 14.2. The second-order valence-corrected chi connectivity index (χ2v) is 10.9. The van der Waals surface area contributed by atoms with Crippen molar-refractivity contribution < 1.29 is 19.0 Å². The van der Waals surface area contributed by atoms with E-state index in [1.54, 1.807) is 12.1 Å². The molecule has 1 aromatic heterocycles. The molecular formula is C34H28BrN3O5. The highest BCUT2D eigenvalue weighted by Crippen LogP contribution is 2.41. The molecule has 8 nitrogen and oxygen atoms in total. The van der Waals surface area contributed by atoms with Crippen LogP contribution in [0.3, 0.4) is 0 Å². The molecule has 5 aromatic rings. The van der Waals surface area contributed by atoms with Crippen LogP contribution in [0.25, 0.3) is 22.0 Å². The first kappa shape index (κ1) is 28.2. The number of aromatic nitrogens is 1. The summed E-state index contributed by atoms with van der Waals surface area (Å²) in [6.45, 7) is 0. The number of H-pyrrole nitrogens is 1. The van der Waals surface area contributed by atoms with E-state index in [4.69, 9.17) is 19.3 Å². The lowest BCUT2D eigenvalue weighted by Crippen LogP contribution is -2.27. The third kappa shape index (κ3) is 5.17. The first-order valence-corrected chi connectivity index (χ1v) is 14.4. The van der Waals surface area contributed by atoms with Crippen LogP contribution in [0.4, 0.5) is 0 Å². The number of amides is 1. The van der Waals surface area contributed by atoms with Gasteiger partial charge in [-0.3, -0.25) is 9.59 Å². The number of carbonyl (C=O) groups excluding carboxylic acids is 1. The van der Waals surface area contributed by atoms with E-state index in [1.807, 2.05) is 78.9 Å². The molecule has 9 heteroatoms. The minimum absolute atomic E-state index is 0.277. The van der Waals surface area contributed by atoms with Gasteiger partial charge in [0.15, 0.2) is 11.5 Å². The van der Waals surface area contributed by atoms with Gasteiger partial charge >= 0.3 is 0 Å². The molecular weight excluding hydrogens is 610 g/mol. The Bertz CT molecular complexity index is 1900. The highest BCUT2D eigenvalue weighted by atomic mass is 79.9. The Kier molecular flexibility index (Phi) is 7.73. The van der Waals surface area contributed by atoms with Crippen LogP contribution in [0.5, 0.6) is 17.2 Å². The summed E-state index contributed by atoms with van der Waals surface area (Å²) >= 11 is 3.59. The molecule has 1 amide bonds. The highest BCUT2D eigenvalue weighted by Gasteiger charge is 2.36. The smallest absolute Gasteiger partial charge is 0.274 e. The molecule has 1 N–H and O–H groups in total. The second kappa shape index (κ2) is 11.8. The molecule has 1 atom stereocenters. The Morgan fingerprint density at radius 3 is 2.14 bits per heavy atom. The van der Waals surface area contributed by atoms with E-state index in [0.717, 1.165) is 26.5 Å². The number of fused-ring (bicyclic) bond motifs is 1. The van der Waals surface area contributed by atoms with Crippen molar-refractivity contribution in [2.45, 2.75) is 12.5 Å². The number of halogens is 1. The van der Waals surface area contributed by atoms with Gasteiger partial charge in [0.1, 0.15) is 0 Å². The molecule has 0 unspecified atom stereocenters. The number of hydrogen-bond donors (Lipinski definition) is 1. The number of nitrogens with zero attached hydrogens (tertiary/aromatic N) is 2. The maximum Gasteiger partial charge on any atom is 0.274 e. The van der Waals surface area contributed by atoms with E-state index in [1.165, 1.54) is 26.3 Å². The van der Waals surface area contributed by atoms with Gasteiger partial charge < -0.3 is 19.2 Å². The van der Waals surface area contributed by atoms with Gasteiger partial charge in [-0.25, -0.2) is 5.01 Å². The zero-order chi connectivity index (χ0) is 30.1. The number of ether oxygens (including phenoxy) is 3. The molecule has 1 aliphatic heterocycles. The summed E-state index contributed by atoms with van der Waals surface area (Å²) in [6, 6.07) is 27.9. The van der Waals surface area contributed by atoms with E-state index in [-0.39, 0.29) is 11.5 Å². The first-order chi connectivity index (χ1) is 20.9. The third-order valence-corrected chi connectivity index (χ3v) is 8.03. The van der Waals surface area contributed by atoms with Crippen molar-refractivity contribution in [2.75, 3.05) is 21.3 Å². The van der Waals surface area contributed by atoms with Gasteiger partial charge in [0.2, 0.25) is 5.75 Å². The third-order valence-electron chi connectivity index (χ3n) is 7.54. The molecule has 0 fully saturated rings. The minimum Gasteiger partial charge on any atom is -0.493 e. The van der Waals surface area contributed by atoms with Gasteiger partial charge in [-0.15, -0.1) is 0 Å². The second-order valence-electron chi connectivity index (χ2n) is 10.0. The Morgan fingerprint density at radius 1 is 0.860 bits per heavy atom. The largest absolute Gasteiger partial charge is 0.493 e. The summed E-state index contributed by atoms with van der Waals surface area (Å²) < 4.78 is 17.3. The molecule has 216 valence electrons. The number of pyridine rings is 1. The maximum absolute atomic E-state index is 14.2. The quantitative estimate of drug-likeness (QED) is 0.208. The summed E-state index contributed by atoms with van der Waals surface area (Å²) in [4.78, 5) is 31.1. The predicted molar refractivity (Wildman–Crippen MR) is 170 cm³/mol. The van der Waals surface area contributed by atoms with Gasteiger partial charge in [0.25, 0.3) is 11.5 Å². The van der Waals surface area contributed by atoms with Crippen LogP contribution in [-0.4, -0.2) is 42.9 Å². The van der Waals surface area contributed by atoms with Crippen LogP contribution in [0.2, 0.25) is 0 Å². The lowest BCUT2D eigenvalue weighted by Gasteiger charge is -2.23. The summed E-state index contributed by atoms with van der Waals surface area (Å²) in [5.41, 5.74) is 4.20. The van der Waals surface area contributed by atoms with Crippen LogP contribution in [0, 0.1) is 0 Å². The number of hydrazone groups is 1. The summed E-state index contributed by atoms with van der Waals surface area (Å²) in [7, 11) is 4.51. The number of carbonyl (C=O) groups is 1. The summed E-state index contributed by atoms with van der Waals surface area (Å²) in [6.07, 6.45) is 0.336. The molecule has 6 rings (SSSR count). The fourth-order valence-electron chi connectivity index (χ4n) is 5.57. The van der Waals surface area contributed by atoms with Gasteiger partial charge in [-0.05, 0) is 41.5 Å². The number of methoxy groups -OCH3 is 3. The van der Waals surface area contributed by atoms with E-state index in [2.05, 4.69) is 20.9 Å². The summed E-state index contributed by atoms with van der Waals surface area (Å²) in [5, 5.41) is 7.19. The molecule has 4 aromatic carbocycles. The lowest BCUT2D eigenvalue weighted by atomic mass is 9.91. The van der Waals surface area contributed by atoms with Gasteiger partial charge in [0.05, 0.1) is 38.6 Å². The van der Waals surface area contributed by atoms with Crippen molar-refractivity contribution in [3.63, 3.8) is 0 Å². The van der Waals surface area contributed by atoms with Crippen LogP contribution in [-0.2, 0) is 0 Å². The molecule has 0 radical (unpaired) electrons. The fraction of sp³-hybridized carbons (Fsp3) is 0.147. The van der Waals surface area contributed by atoms with Crippen LogP contribution in [0.1, 0.15) is 33.9 Å². The molecule has 0 saturated carbocycles. The Hall–Kier alpha value is -4.89.